The van der Waals surface area contributed by atoms with E-state index in [-0.39, 0.29) is 0 Å². The van der Waals surface area contributed by atoms with Crippen LogP contribution in [-0.4, -0.2) is 0 Å². The maximum absolute atomic E-state index is 6.05. The van der Waals surface area contributed by atoms with Crippen LogP contribution in [0, 0.1) is 0 Å². The molecule has 0 bridgehead atoms. The first-order chi connectivity index (χ1) is 10.9. The van der Waals surface area contributed by atoms with Crippen LogP contribution in [-0.2, 0) is 0 Å². The summed E-state index contributed by atoms with van der Waals surface area (Å²) < 4.78 is 6.05. The van der Waals surface area contributed by atoms with Gasteiger partial charge < -0.3 is 10.1 Å². The Hall–Kier alpha value is -3.00. The third kappa shape index (κ3) is 1.61. The summed E-state index contributed by atoms with van der Waals surface area (Å²) in [4.78, 5) is 0. The summed E-state index contributed by atoms with van der Waals surface area (Å²) in [6, 6.07) is 20.6. The van der Waals surface area contributed by atoms with Crippen LogP contribution < -0.4 is 20.5 Å². The van der Waals surface area contributed by atoms with Gasteiger partial charge in [0.25, 0.3) is 0 Å². The topological polar surface area (TPSA) is 21.3 Å². The van der Waals surface area contributed by atoms with Crippen LogP contribution in [0.1, 0.15) is 11.1 Å². The molecule has 2 heteroatoms. The first kappa shape index (κ1) is 11.6. The third-order valence-electron chi connectivity index (χ3n) is 4.22. The molecule has 0 aliphatic carbocycles. The molecule has 3 aromatic carbocycles. The van der Waals surface area contributed by atoms with Crippen molar-refractivity contribution in [2.24, 2.45) is 0 Å². The standard InChI is InChI=1S/C20H13NO/c1-3-7-17-13(5-1)11-15-16-12-14-6-2-4-8-19(14)22-20(16)10-9-18(15)21-17/h1-12,21H. The van der Waals surface area contributed by atoms with Crippen molar-refractivity contribution in [1.29, 1.82) is 0 Å². The zero-order chi connectivity index (χ0) is 14.5. The van der Waals surface area contributed by atoms with Gasteiger partial charge in [0, 0.05) is 27.4 Å². The van der Waals surface area contributed by atoms with Gasteiger partial charge in [0.1, 0.15) is 11.5 Å². The SMILES string of the molecule is C1=c2c(ccc3c2=Cc2ccccc2O3)Nc2ccccc21. The molecule has 0 amide bonds. The minimum absolute atomic E-state index is 0.912. The molecule has 2 nitrogen and oxygen atoms in total. The Balaban J connectivity index is 1.86. The number of benzene rings is 3. The zero-order valence-corrected chi connectivity index (χ0v) is 11.8. The molecule has 0 atom stereocenters. The van der Waals surface area contributed by atoms with E-state index in [1.807, 2.05) is 24.3 Å². The highest BCUT2D eigenvalue weighted by Gasteiger charge is 2.15. The fourth-order valence-corrected chi connectivity index (χ4v) is 3.12. The van der Waals surface area contributed by atoms with Crippen LogP contribution in [0.2, 0.25) is 0 Å². The van der Waals surface area contributed by atoms with E-state index >= 15 is 0 Å². The van der Waals surface area contributed by atoms with E-state index in [1.165, 1.54) is 10.8 Å². The largest absolute Gasteiger partial charge is 0.456 e. The number of nitrogens with one attached hydrogen (secondary N) is 1. The van der Waals surface area contributed by atoms with Gasteiger partial charge >= 0.3 is 0 Å². The van der Waals surface area contributed by atoms with Gasteiger partial charge in [-0.05, 0) is 42.0 Å². The second-order valence-corrected chi connectivity index (χ2v) is 5.58. The second kappa shape index (κ2) is 4.25. The summed E-state index contributed by atoms with van der Waals surface area (Å²) >= 11 is 0. The van der Waals surface area contributed by atoms with Crippen molar-refractivity contribution >= 4 is 23.5 Å². The molecule has 104 valence electrons. The summed E-state index contributed by atoms with van der Waals surface area (Å²) in [5, 5.41) is 5.83. The third-order valence-corrected chi connectivity index (χ3v) is 4.22. The van der Waals surface area contributed by atoms with E-state index in [9.17, 15) is 0 Å². The summed E-state index contributed by atoms with van der Waals surface area (Å²) in [5.74, 6) is 1.83. The molecule has 2 aliphatic heterocycles. The molecule has 0 unspecified atom stereocenters. The molecule has 1 N–H and O–H groups in total. The molecule has 0 saturated heterocycles. The minimum Gasteiger partial charge on any atom is -0.456 e. The van der Waals surface area contributed by atoms with Gasteiger partial charge in [0.2, 0.25) is 0 Å². The van der Waals surface area contributed by atoms with Crippen molar-refractivity contribution in [2.45, 2.75) is 0 Å². The van der Waals surface area contributed by atoms with Gasteiger partial charge in [0.05, 0.1) is 0 Å². The van der Waals surface area contributed by atoms with Gasteiger partial charge in [0.15, 0.2) is 0 Å². The normalized spacial score (nSPS) is 13.1. The van der Waals surface area contributed by atoms with Crippen molar-refractivity contribution in [1.82, 2.24) is 0 Å². The molecular formula is C20H13NO. The Morgan fingerprint density at radius 1 is 0.591 bits per heavy atom. The highest BCUT2D eigenvalue weighted by atomic mass is 16.5. The van der Waals surface area contributed by atoms with Crippen LogP contribution >= 0.6 is 0 Å². The Kier molecular flexibility index (Phi) is 2.25. The number of hydrogen-bond donors (Lipinski definition) is 1. The van der Waals surface area contributed by atoms with Gasteiger partial charge in [-0.1, -0.05) is 36.4 Å². The molecular weight excluding hydrogens is 270 g/mol. The molecule has 2 aliphatic rings. The lowest BCUT2D eigenvalue weighted by molar-refractivity contribution is 0.473. The number of rotatable bonds is 0. The zero-order valence-electron chi connectivity index (χ0n) is 11.8. The number of para-hydroxylation sites is 2. The lowest BCUT2D eigenvalue weighted by Gasteiger charge is -2.20. The number of hydrogen-bond acceptors (Lipinski definition) is 2. The highest BCUT2D eigenvalue weighted by molar-refractivity contribution is 5.80. The maximum atomic E-state index is 6.05. The molecule has 3 aromatic rings. The Labute approximate surface area is 128 Å². The van der Waals surface area contributed by atoms with Crippen LogP contribution in [0.15, 0.2) is 60.7 Å². The lowest BCUT2D eigenvalue weighted by Crippen LogP contribution is -2.32. The summed E-state index contributed by atoms with van der Waals surface area (Å²) in [6.45, 7) is 0. The van der Waals surface area contributed by atoms with Crippen LogP contribution in [0.25, 0.3) is 12.2 Å². The number of anilines is 2. The van der Waals surface area contributed by atoms with E-state index in [0.29, 0.717) is 0 Å². The van der Waals surface area contributed by atoms with Crippen LogP contribution in [0.4, 0.5) is 11.4 Å². The molecule has 0 aromatic heterocycles. The second-order valence-electron chi connectivity index (χ2n) is 5.58. The van der Waals surface area contributed by atoms with Crippen molar-refractivity contribution in [2.75, 3.05) is 5.32 Å². The number of ether oxygens (including phenoxy) is 1. The minimum atomic E-state index is 0.912. The quantitative estimate of drug-likeness (QED) is 0.469. The van der Waals surface area contributed by atoms with Crippen molar-refractivity contribution in [3.63, 3.8) is 0 Å². The summed E-state index contributed by atoms with van der Waals surface area (Å²) in [6.07, 6.45) is 4.44. The smallest absolute Gasteiger partial charge is 0.135 e. The predicted molar refractivity (Wildman–Crippen MR) is 89.1 cm³/mol. The average Bonchev–Trinajstić information content (AvgIpc) is 2.58. The molecule has 22 heavy (non-hydrogen) atoms. The Bertz CT molecular complexity index is 949. The predicted octanol–water partition coefficient (Wildman–Crippen LogP) is 3.51. The van der Waals surface area contributed by atoms with E-state index in [4.69, 9.17) is 4.74 Å². The molecule has 2 heterocycles. The first-order valence-corrected chi connectivity index (χ1v) is 7.38. The van der Waals surface area contributed by atoms with Crippen molar-refractivity contribution < 1.29 is 4.74 Å². The van der Waals surface area contributed by atoms with Crippen LogP contribution in [0.3, 0.4) is 0 Å². The van der Waals surface area contributed by atoms with Gasteiger partial charge in [-0.2, -0.15) is 0 Å². The Morgan fingerprint density at radius 3 is 2.32 bits per heavy atom. The first-order valence-electron chi connectivity index (χ1n) is 7.38. The fourth-order valence-electron chi connectivity index (χ4n) is 3.12. The van der Waals surface area contributed by atoms with E-state index in [0.717, 1.165) is 33.7 Å². The van der Waals surface area contributed by atoms with Crippen LogP contribution in [0.5, 0.6) is 11.5 Å². The van der Waals surface area contributed by atoms with E-state index in [2.05, 4.69) is 53.9 Å². The molecule has 0 fully saturated rings. The summed E-state index contributed by atoms with van der Waals surface area (Å²) in [5.41, 5.74) is 4.59. The van der Waals surface area contributed by atoms with E-state index in [1.54, 1.807) is 0 Å². The monoisotopic (exact) mass is 283 g/mol. The average molecular weight is 283 g/mol. The maximum Gasteiger partial charge on any atom is 0.135 e. The number of fused-ring (bicyclic) bond motifs is 5. The van der Waals surface area contributed by atoms with Crippen molar-refractivity contribution in [3.05, 3.63) is 82.2 Å². The molecule has 5 rings (SSSR count). The van der Waals surface area contributed by atoms with Gasteiger partial charge in [-0.3, -0.25) is 0 Å². The molecule has 0 saturated carbocycles. The molecule has 0 spiro atoms. The van der Waals surface area contributed by atoms with E-state index < -0.39 is 0 Å². The van der Waals surface area contributed by atoms with Gasteiger partial charge in [-0.15, -0.1) is 0 Å². The Morgan fingerprint density at radius 2 is 1.36 bits per heavy atom. The summed E-state index contributed by atoms with van der Waals surface area (Å²) in [7, 11) is 0. The fraction of sp³-hybridized carbons (Fsp3) is 0. The van der Waals surface area contributed by atoms with Gasteiger partial charge in [-0.25, -0.2) is 0 Å². The molecule has 0 radical (unpaired) electrons. The lowest BCUT2D eigenvalue weighted by atomic mass is 10.0. The van der Waals surface area contributed by atoms with Crippen molar-refractivity contribution in [3.8, 4) is 11.5 Å². The highest BCUT2D eigenvalue weighted by Crippen LogP contribution is 2.29.